The number of anilines is 2. The largest absolute Gasteiger partial charge is 0.507 e. The number of hydrogen-bond donors (Lipinski definition) is 4. The molecule has 81 heavy (non-hydrogen) atoms. The van der Waals surface area contributed by atoms with Crippen LogP contribution in [-0.2, 0) is 14.3 Å². The van der Waals surface area contributed by atoms with Gasteiger partial charge in [0.05, 0.1) is 53.4 Å². The molecule has 4 aliphatic heterocycles. The fraction of sp³-hybridized carbons (Fsp3) is 0.532. The van der Waals surface area contributed by atoms with E-state index in [1.165, 1.54) is 4.90 Å². The SMILES string of the molecule is Cc1nccn1-c1ccc([C@H](C)NC(=O)[C@@H]2C[C@@H](O)CN2C(=O)[C@H](c2cc(N3CCC(CN4CCC(OC5CC(N6CCC(C(C)n7cc(C#Cc8cc(-c9ccccc9O)nnc8N)cn7)CC6)C5)CC4)CC3)no2)C(C)C)cc1. The first kappa shape index (κ1) is 55.8. The average Bonchev–Trinajstić information content (AvgIpc) is 4.31. The third kappa shape index (κ3) is 12.7. The zero-order valence-electron chi connectivity index (χ0n) is 47.5. The van der Waals surface area contributed by atoms with Gasteiger partial charge in [-0.1, -0.05) is 55.1 Å². The highest BCUT2D eigenvalue weighted by molar-refractivity contribution is 5.91. The summed E-state index contributed by atoms with van der Waals surface area (Å²) >= 11 is 0. The van der Waals surface area contributed by atoms with Crippen molar-refractivity contribution in [2.45, 2.75) is 141 Å². The summed E-state index contributed by atoms with van der Waals surface area (Å²) in [5.74, 6) is 8.67. The molecule has 6 aromatic rings. The minimum absolute atomic E-state index is 0.0856. The van der Waals surface area contributed by atoms with Gasteiger partial charge < -0.3 is 54.7 Å². The van der Waals surface area contributed by atoms with Gasteiger partial charge in [-0.25, -0.2) is 4.98 Å². The molecule has 11 rings (SSSR count). The van der Waals surface area contributed by atoms with Crippen LogP contribution in [0.25, 0.3) is 16.9 Å². The Morgan fingerprint density at radius 3 is 2.36 bits per heavy atom. The Morgan fingerprint density at radius 2 is 1.64 bits per heavy atom. The molecule has 2 amide bonds. The minimum Gasteiger partial charge on any atom is -0.507 e. The summed E-state index contributed by atoms with van der Waals surface area (Å²) in [7, 11) is 0. The van der Waals surface area contributed by atoms with Crippen LogP contribution in [0.4, 0.5) is 11.6 Å². The molecule has 8 heterocycles. The lowest BCUT2D eigenvalue weighted by Crippen LogP contribution is -2.52. The van der Waals surface area contributed by atoms with E-state index in [1.807, 2.05) is 81.1 Å². The number of ether oxygens (including phenoxy) is 1. The Kier molecular flexibility index (Phi) is 16.9. The lowest BCUT2D eigenvalue weighted by Gasteiger charge is -2.47. The molecule has 0 bridgehead atoms. The number of likely N-dealkylation sites (tertiary alicyclic amines) is 3. The number of nitrogens with one attached hydrogen (secondary N) is 1. The fourth-order valence-electron chi connectivity index (χ4n) is 13.0. The van der Waals surface area contributed by atoms with E-state index in [9.17, 15) is 19.8 Å². The molecule has 5 N–H and O–H groups in total. The van der Waals surface area contributed by atoms with Gasteiger partial charge in [-0.05, 0) is 139 Å². The van der Waals surface area contributed by atoms with E-state index in [1.54, 1.807) is 36.7 Å². The number of aliphatic hydroxyl groups excluding tert-OH is 1. The number of aryl methyl sites for hydroxylation is 1. The predicted octanol–water partition coefficient (Wildman–Crippen LogP) is 7.29. The molecule has 1 aliphatic carbocycles. The smallest absolute Gasteiger partial charge is 0.243 e. The van der Waals surface area contributed by atoms with E-state index in [-0.39, 0.29) is 54.3 Å². The van der Waals surface area contributed by atoms with Gasteiger partial charge in [-0.3, -0.25) is 14.3 Å². The molecule has 19 nitrogen and oxygen atoms in total. The maximum atomic E-state index is 14.4. The zero-order chi connectivity index (χ0) is 56.3. The number of aromatic hydroxyl groups is 1. The number of nitrogens with zero attached hydrogens (tertiary/aromatic N) is 11. The predicted molar refractivity (Wildman–Crippen MR) is 308 cm³/mol. The lowest BCUT2D eigenvalue weighted by molar-refractivity contribution is -0.141. The number of nitrogens with two attached hydrogens (primary N) is 1. The first-order valence-electron chi connectivity index (χ1n) is 29.4. The number of benzene rings is 2. The van der Waals surface area contributed by atoms with Gasteiger partial charge in [0, 0.05) is 87.6 Å². The summed E-state index contributed by atoms with van der Waals surface area (Å²) in [6.45, 7) is 17.4. The molecule has 1 unspecified atom stereocenters. The number of rotatable bonds is 16. The average molecular weight is 1100 g/mol. The summed E-state index contributed by atoms with van der Waals surface area (Å²) in [5.41, 5.74) is 10.5. The van der Waals surface area contributed by atoms with Crippen LogP contribution in [0.1, 0.15) is 132 Å². The van der Waals surface area contributed by atoms with Crippen LogP contribution in [-0.4, -0.2) is 154 Å². The number of amides is 2. The molecular formula is C62H79N13O6. The quantitative estimate of drug-likeness (QED) is 0.0699. The summed E-state index contributed by atoms with van der Waals surface area (Å²) in [4.78, 5) is 41.7. The van der Waals surface area contributed by atoms with E-state index >= 15 is 0 Å². The second-order valence-corrected chi connectivity index (χ2v) is 23.8. The van der Waals surface area contributed by atoms with Crippen molar-refractivity contribution < 1.29 is 29.1 Å². The van der Waals surface area contributed by atoms with Crippen molar-refractivity contribution in [2.24, 2.45) is 17.8 Å². The highest BCUT2D eigenvalue weighted by atomic mass is 16.5. The van der Waals surface area contributed by atoms with E-state index < -0.39 is 18.1 Å². The van der Waals surface area contributed by atoms with E-state index in [0.717, 1.165) is 126 Å². The number of para-hydroxylation sites is 1. The van der Waals surface area contributed by atoms with Gasteiger partial charge in [-0.15, -0.1) is 10.2 Å². The summed E-state index contributed by atoms with van der Waals surface area (Å²) in [6.07, 6.45) is 16.4. The van der Waals surface area contributed by atoms with Crippen LogP contribution >= 0.6 is 0 Å². The molecule has 5 atom stereocenters. The third-order valence-corrected chi connectivity index (χ3v) is 18.1. The molecule has 5 fully saturated rings. The minimum atomic E-state index is -0.802. The number of aliphatic hydroxyl groups is 1. The van der Waals surface area contributed by atoms with Crippen LogP contribution in [0.3, 0.4) is 0 Å². The molecule has 428 valence electrons. The maximum absolute atomic E-state index is 14.4. The molecule has 4 aromatic heterocycles. The van der Waals surface area contributed by atoms with Gasteiger partial charge in [0.15, 0.2) is 17.4 Å². The van der Waals surface area contributed by atoms with Gasteiger partial charge in [-0.2, -0.15) is 5.10 Å². The number of hydrogen-bond acceptors (Lipinski definition) is 15. The fourth-order valence-corrected chi connectivity index (χ4v) is 13.0. The lowest BCUT2D eigenvalue weighted by atomic mass is 9.83. The van der Waals surface area contributed by atoms with Crippen LogP contribution in [0.15, 0.2) is 90.0 Å². The number of imidazole rings is 1. The number of phenolic OH excluding ortho intramolecular Hbond substituents is 1. The Labute approximate surface area is 475 Å². The summed E-state index contributed by atoms with van der Waals surface area (Å²) in [6, 6.07) is 18.4. The van der Waals surface area contributed by atoms with E-state index in [0.29, 0.717) is 52.7 Å². The number of nitrogen functional groups attached to an aromatic ring is 1. The molecule has 5 aliphatic rings. The molecule has 2 aromatic carbocycles. The highest BCUT2D eigenvalue weighted by Crippen LogP contribution is 2.38. The molecule has 0 radical (unpaired) electrons. The van der Waals surface area contributed by atoms with Crippen LogP contribution < -0.4 is 16.0 Å². The van der Waals surface area contributed by atoms with Crippen molar-refractivity contribution in [3.63, 3.8) is 0 Å². The van der Waals surface area contributed by atoms with Crippen LogP contribution in [0.2, 0.25) is 0 Å². The van der Waals surface area contributed by atoms with E-state index in [4.69, 9.17) is 20.1 Å². The van der Waals surface area contributed by atoms with Gasteiger partial charge in [0.1, 0.15) is 23.5 Å². The molecule has 19 heteroatoms. The topological polar surface area (TPSA) is 222 Å². The van der Waals surface area contributed by atoms with Crippen molar-refractivity contribution in [1.29, 1.82) is 0 Å². The normalized spacial score (nSPS) is 22.8. The van der Waals surface area contributed by atoms with Gasteiger partial charge in [0.25, 0.3) is 0 Å². The third-order valence-electron chi connectivity index (χ3n) is 18.1. The number of phenols is 1. The molecular weight excluding hydrogens is 1020 g/mol. The van der Waals surface area contributed by atoms with Crippen LogP contribution in [0, 0.1) is 36.5 Å². The zero-order valence-corrected chi connectivity index (χ0v) is 47.5. The van der Waals surface area contributed by atoms with Gasteiger partial charge in [0.2, 0.25) is 11.8 Å². The molecule has 0 spiro atoms. The number of β-amino-alcohol motifs (C(OH)–C–C–N with tert-alkyl or cyclic N) is 1. The highest BCUT2D eigenvalue weighted by Gasteiger charge is 2.44. The maximum Gasteiger partial charge on any atom is 0.243 e. The number of aromatic nitrogens is 7. The second kappa shape index (κ2) is 24.5. The van der Waals surface area contributed by atoms with Crippen molar-refractivity contribution >= 4 is 23.5 Å². The monoisotopic (exact) mass is 1100 g/mol. The van der Waals surface area contributed by atoms with Crippen molar-refractivity contribution in [3.8, 4) is 34.5 Å². The van der Waals surface area contributed by atoms with Crippen molar-refractivity contribution in [3.05, 3.63) is 114 Å². The Balaban J connectivity index is 0.580. The Morgan fingerprint density at radius 1 is 0.889 bits per heavy atom. The van der Waals surface area contributed by atoms with Gasteiger partial charge >= 0.3 is 0 Å². The van der Waals surface area contributed by atoms with E-state index in [2.05, 4.69) is 63.8 Å². The Bertz CT molecular complexity index is 3170. The summed E-state index contributed by atoms with van der Waals surface area (Å²) in [5, 5.41) is 41.6. The standard InChI is InChI=1S/C62H79N13O6/c1-39(2)59(62(79)74-38-50(76)33-55(74)61(78)66-40(3)45-12-14-48(15-13-45)73-29-22-64-42(73)5)57-34-58(69-81-57)72-25-16-43(17-26-72)36-70-23-20-51(21-24-70)80-52-31-49(32-52)71-27-18-46(19-28-71)41(4)75-37-44(35-65-75)10-11-47-30-54(67-68-60(47)63)53-8-6-7-9-56(53)77/h6-9,12-15,22,29-30,34-35,37,39-41,43,46,49-52,55,59,76-77H,16-21,23-28,31-33,36,38H2,1-5H3,(H2,63,68)(H,66,78)/t40-,41?,49?,50+,52?,55-,59-/m0/s1. The van der Waals surface area contributed by atoms with Crippen LogP contribution in [0.5, 0.6) is 5.75 Å². The number of carbonyl (C=O) groups excluding carboxylic acids is 2. The van der Waals surface area contributed by atoms with Crippen molar-refractivity contribution in [2.75, 3.05) is 63.0 Å². The Hall–Kier alpha value is -7.11. The number of piperidine rings is 3. The first-order chi connectivity index (χ1) is 39.2. The summed E-state index contributed by atoms with van der Waals surface area (Å²) < 4.78 is 16.7. The number of carbonyl (C=O) groups is 2. The second-order valence-electron chi connectivity index (χ2n) is 23.8. The van der Waals surface area contributed by atoms with Crippen molar-refractivity contribution in [1.82, 2.24) is 54.7 Å². The first-order valence-corrected chi connectivity index (χ1v) is 29.4. The molecule has 1 saturated carbocycles. The molecule has 4 saturated heterocycles.